The van der Waals surface area contributed by atoms with E-state index in [1.54, 1.807) is 0 Å². The van der Waals surface area contributed by atoms with E-state index in [4.69, 9.17) is 23.2 Å². The number of halogens is 11. The van der Waals surface area contributed by atoms with Gasteiger partial charge in [-0.3, -0.25) is 5.32 Å². The lowest BCUT2D eigenvalue weighted by atomic mass is 10.3. The molecule has 0 spiro atoms. The summed E-state index contributed by atoms with van der Waals surface area (Å²) in [6.45, 7) is -3.77. The summed E-state index contributed by atoms with van der Waals surface area (Å²) in [5, 5.41) is 2.80. The van der Waals surface area contributed by atoms with Crippen LogP contribution in [0.15, 0.2) is 18.2 Å². The number of rotatable bonds is 7. The van der Waals surface area contributed by atoms with E-state index < -0.39 is 77.2 Å². The highest BCUT2D eigenvalue weighted by Gasteiger charge is 2.32. The van der Waals surface area contributed by atoms with Gasteiger partial charge < -0.3 is 19.5 Å². The lowest BCUT2D eigenvalue weighted by Crippen LogP contribution is -2.24. The predicted octanol–water partition coefficient (Wildman–Crippen LogP) is 6.21. The zero-order valence-corrected chi connectivity index (χ0v) is 17.8. The molecule has 19 heteroatoms. The van der Waals surface area contributed by atoms with Crippen LogP contribution in [0.1, 0.15) is 0 Å². The number of benzene rings is 1. The summed E-state index contributed by atoms with van der Waals surface area (Å²) < 4.78 is 123. The van der Waals surface area contributed by atoms with Crippen LogP contribution in [0.5, 0.6) is 17.5 Å². The van der Waals surface area contributed by atoms with Gasteiger partial charge in [0.15, 0.2) is 13.2 Å². The van der Waals surface area contributed by atoms with Crippen LogP contribution in [0, 0.1) is 0 Å². The Morgan fingerprint density at radius 1 is 0.800 bits per heavy atom. The van der Waals surface area contributed by atoms with Crippen LogP contribution in [0.25, 0.3) is 0 Å². The van der Waals surface area contributed by atoms with Gasteiger partial charge in [-0.2, -0.15) is 36.3 Å². The molecule has 8 nitrogen and oxygen atoms in total. The first-order valence-electron chi connectivity index (χ1n) is 8.51. The monoisotopic (exact) mass is 562 g/mol. The fourth-order valence-corrected chi connectivity index (χ4v) is 2.59. The van der Waals surface area contributed by atoms with E-state index in [0.29, 0.717) is 18.2 Å². The number of amides is 2. The van der Waals surface area contributed by atoms with Crippen molar-refractivity contribution in [2.75, 3.05) is 23.8 Å². The van der Waals surface area contributed by atoms with Gasteiger partial charge >= 0.3 is 24.7 Å². The summed E-state index contributed by atoms with van der Waals surface area (Å²) in [5.41, 5.74) is -0.432. The number of nitrogens with one attached hydrogen (secondary N) is 2. The van der Waals surface area contributed by atoms with E-state index in [1.807, 2.05) is 10.6 Å². The molecule has 2 rings (SSSR count). The fourth-order valence-electron chi connectivity index (χ4n) is 2.03. The largest absolute Gasteiger partial charge is 0.573 e. The molecule has 0 unspecified atom stereocenters. The fraction of sp³-hybridized carbons (Fsp3) is 0.312. The number of anilines is 2. The molecular weight excluding hydrogens is 554 g/mol. The van der Waals surface area contributed by atoms with Gasteiger partial charge in [-0.1, -0.05) is 23.2 Å². The van der Waals surface area contributed by atoms with Crippen molar-refractivity contribution in [1.29, 1.82) is 0 Å². The van der Waals surface area contributed by atoms with Gasteiger partial charge in [0.2, 0.25) is 17.7 Å². The van der Waals surface area contributed by atoms with Gasteiger partial charge in [0.1, 0.15) is 5.75 Å². The molecule has 2 N–H and O–H groups in total. The first-order chi connectivity index (χ1) is 15.9. The molecule has 0 aliphatic heterocycles. The molecule has 2 amide bonds. The molecule has 0 fully saturated rings. The Bertz CT molecular complexity index is 1010. The summed E-state index contributed by atoms with van der Waals surface area (Å²) in [4.78, 5) is 19.0. The van der Waals surface area contributed by atoms with Crippen molar-refractivity contribution in [2.45, 2.75) is 18.7 Å². The highest BCUT2D eigenvalue weighted by atomic mass is 35.5. The van der Waals surface area contributed by atoms with Gasteiger partial charge in [-0.05, 0) is 0 Å². The minimum absolute atomic E-state index is 0.432. The van der Waals surface area contributed by atoms with Gasteiger partial charge in [0.05, 0.1) is 21.8 Å². The van der Waals surface area contributed by atoms with Crippen LogP contribution < -0.4 is 24.8 Å². The molecule has 0 aliphatic rings. The molecule has 1 heterocycles. The SMILES string of the molecule is O=C(Nc1nc(OCC(F)(F)F)cc(OCC(F)(F)F)n1)Nc1c(Cl)cc(OC(F)(F)F)cc1Cl. The second kappa shape index (κ2) is 10.7. The first-order valence-corrected chi connectivity index (χ1v) is 9.27. The van der Waals surface area contributed by atoms with Crippen LogP contribution in [0.3, 0.4) is 0 Å². The van der Waals surface area contributed by atoms with Crippen molar-refractivity contribution < 1.29 is 58.5 Å². The van der Waals surface area contributed by atoms with Crippen LogP contribution >= 0.6 is 23.2 Å². The van der Waals surface area contributed by atoms with E-state index in [0.717, 1.165) is 0 Å². The number of nitrogens with zero attached hydrogens (tertiary/aromatic N) is 2. The molecule has 194 valence electrons. The van der Waals surface area contributed by atoms with E-state index in [9.17, 15) is 44.3 Å². The van der Waals surface area contributed by atoms with E-state index in [1.165, 1.54) is 0 Å². The highest BCUT2D eigenvalue weighted by molar-refractivity contribution is 6.40. The zero-order chi connectivity index (χ0) is 26.6. The van der Waals surface area contributed by atoms with Gasteiger partial charge in [0, 0.05) is 12.1 Å². The van der Waals surface area contributed by atoms with E-state index in [-0.39, 0.29) is 0 Å². The maximum atomic E-state index is 12.4. The van der Waals surface area contributed by atoms with Crippen molar-refractivity contribution in [3.8, 4) is 17.5 Å². The molecule has 0 bridgehead atoms. The van der Waals surface area contributed by atoms with Crippen LogP contribution in [0.4, 0.5) is 55.9 Å². The van der Waals surface area contributed by atoms with Crippen LogP contribution in [0.2, 0.25) is 10.0 Å². The van der Waals surface area contributed by atoms with E-state index in [2.05, 4.69) is 24.2 Å². The maximum absolute atomic E-state index is 12.4. The van der Waals surface area contributed by atoms with Crippen molar-refractivity contribution >= 4 is 40.9 Å². The highest BCUT2D eigenvalue weighted by Crippen LogP contribution is 2.37. The lowest BCUT2D eigenvalue weighted by molar-refractivity contribution is -0.274. The molecule has 0 radical (unpaired) electrons. The average molecular weight is 563 g/mol. The standard InChI is InChI=1S/C16H9Cl2F9N4O4/c17-7-1-6(35-16(25,26)27)2-8(18)11(7)30-13(32)31-12-28-9(33-4-14(19,20)21)3-10(29-12)34-5-15(22,23)24/h1-3H,4-5H2,(H2,28,29,30,31,32). The molecule has 0 atom stereocenters. The number of aromatic nitrogens is 2. The van der Waals surface area contributed by atoms with Crippen molar-refractivity contribution in [2.24, 2.45) is 0 Å². The van der Waals surface area contributed by atoms with Crippen molar-refractivity contribution in [3.63, 3.8) is 0 Å². The van der Waals surface area contributed by atoms with Crippen molar-refractivity contribution in [1.82, 2.24) is 9.97 Å². The first kappa shape index (κ1) is 28.2. The number of urea groups is 1. The molecule has 1 aromatic heterocycles. The Hall–Kier alpha value is -3.08. The smallest absolute Gasteiger partial charge is 0.468 e. The molecule has 1 aromatic carbocycles. The number of hydrogen-bond donors (Lipinski definition) is 2. The molecular formula is C16H9Cl2F9N4O4. The molecule has 2 aromatic rings. The topological polar surface area (TPSA) is 94.6 Å². The summed E-state index contributed by atoms with van der Waals surface area (Å²) >= 11 is 11.5. The zero-order valence-electron chi connectivity index (χ0n) is 16.3. The quantitative estimate of drug-likeness (QED) is 0.390. The van der Waals surface area contributed by atoms with Crippen LogP contribution in [-0.4, -0.2) is 47.9 Å². The number of carbonyl (C=O) groups excluding carboxylic acids is 1. The molecule has 35 heavy (non-hydrogen) atoms. The minimum atomic E-state index is -5.07. The maximum Gasteiger partial charge on any atom is 0.573 e. The number of hydrogen-bond acceptors (Lipinski definition) is 6. The number of ether oxygens (including phenoxy) is 3. The van der Waals surface area contributed by atoms with Gasteiger partial charge in [0.25, 0.3) is 0 Å². The third-order valence-electron chi connectivity index (χ3n) is 3.16. The molecule has 0 saturated heterocycles. The minimum Gasteiger partial charge on any atom is -0.468 e. The third kappa shape index (κ3) is 10.4. The summed E-state index contributed by atoms with van der Waals surface area (Å²) in [6, 6.07) is 0.518. The molecule has 0 saturated carbocycles. The lowest BCUT2D eigenvalue weighted by Gasteiger charge is -2.15. The Kier molecular flexibility index (Phi) is 8.59. The average Bonchev–Trinajstić information content (AvgIpc) is 2.65. The summed E-state index contributed by atoms with van der Waals surface area (Å²) in [7, 11) is 0. The summed E-state index contributed by atoms with van der Waals surface area (Å²) in [5.74, 6) is -3.50. The predicted molar refractivity (Wildman–Crippen MR) is 101 cm³/mol. The normalized spacial score (nSPS) is 12.2. The van der Waals surface area contributed by atoms with Crippen molar-refractivity contribution in [3.05, 3.63) is 28.2 Å². The van der Waals surface area contributed by atoms with Gasteiger partial charge in [-0.15, -0.1) is 13.2 Å². The Labute approximate surface area is 198 Å². The Balaban J connectivity index is 2.21. The Morgan fingerprint density at radius 3 is 1.66 bits per heavy atom. The van der Waals surface area contributed by atoms with Gasteiger partial charge in [-0.25, -0.2) is 4.79 Å². The number of alkyl halides is 9. The molecule has 0 aliphatic carbocycles. The second-order valence-corrected chi connectivity index (χ2v) is 6.88. The van der Waals surface area contributed by atoms with Crippen LogP contribution in [-0.2, 0) is 0 Å². The third-order valence-corrected chi connectivity index (χ3v) is 3.76. The summed E-state index contributed by atoms with van der Waals surface area (Å²) in [6.07, 6.45) is -14.7. The number of carbonyl (C=O) groups is 1. The van der Waals surface area contributed by atoms with E-state index >= 15 is 0 Å². The second-order valence-electron chi connectivity index (χ2n) is 6.06. The Morgan fingerprint density at radius 2 is 1.26 bits per heavy atom.